The van der Waals surface area contributed by atoms with Crippen molar-refractivity contribution in [1.29, 1.82) is 0 Å². The van der Waals surface area contributed by atoms with Crippen LogP contribution in [0.15, 0.2) is 94.7 Å². The summed E-state index contributed by atoms with van der Waals surface area (Å²) in [5, 5.41) is 17.4. The summed E-state index contributed by atoms with van der Waals surface area (Å²) in [4.78, 5) is 10.7. The van der Waals surface area contributed by atoms with Crippen molar-refractivity contribution in [3.63, 3.8) is 0 Å². The second kappa shape index (κ2) is 14.3. The van der Waals surface area contributed by atoms with Crippen molar-refractivity contribution in [2.24, 2.45) is 0 Å². The largest absolute Gasteiger partial charge is 0.397 e. The van der Waals surface area contributed by atoms with Gasteiger partial charge in [0.05, 0.1) is 26.1 Å². The second-order valence-corrected chi connectivity index (χ2v) is 16.3. The van der Waals surface area contributed by atoms with Crippen LogP contribution in [0.3, 0.4) is 0 Å². The molecule has 4 aromatic rings. The van der Waals surface area contributed by atoms with Crippen molar-refractivity contribution >= 4 is 42.8 Å². The number of benzene rings is 4. The molecule has 0 heterocycles. The highest BCUT2D eigenvalue weighted by atomic mass is 32.2. The number of nitrogen functional groups attached to an aromatic ring is 1. The Morgan fingerprint density at radius 1 is 0.680 bits per heavy atom. The number of nitrogens with two attached hydrogens (primary N) is 1. The molecule has 50 heavy (non-hydrogen) atoms. The second-order valence-electron chi connectivity index (χ2n) is 13.0. The van der Waals surface area contributed by atoms with Crippen molar-refractivity contribution in [3.8, 4) is 0 Å². The Morgan fingerprint density at radius 2 is 1.08 bits per heavy atom. The molecular weight excluding hydrogens is 691 g/mol. The molecule has 4 aromatic carbocycles. The van der Waals surface area contributed by atoms with Crippen LogP contribution in [0.2, 0.25) is 0 Å². The van der Waals surface area contributed by atoms with Gasteiger partial charge in [0.2, 0.25) is 20.0 Å². The van der Waals surface area contributed by atoms with Crippen LogP contribution in [-0.2, 0) is 33.1 Å². The predicted octanol–water partition coefficient (Wildman–Crippen LogP) is 6.03. The summed E-state index contributed by atoms with van der Waals surface area (Å²) < 4.78 is 80.5. The van der Waals surface area contributed by atoms with E-state index < -0.39 is 30.5 Å². The lowest BCUT2D eigenvalue weighted by molar-refractivity contribution is -0.384. The van der Waals surface area contributed by atoms with E-state index in [4.69, 9.17) is 5.73 Å². The first-order chi connectivity index (χ1) is 23.5. The van der Waals surface area contributed by atoms with Gasteiger partial charge in [-0.1, -0.05) is 24.3 Å². The Morgan fingerprint density at radius 3 is 1.48 bits per heavy atom. The summed E-state index contributed by atoms with van der Waals surface area (Å²) in [6.45, 7) is 4.38. The lowest BCUT2D eigenvalue weighted by Gasteiger charge is -2.14. The van der Waals surface area contributed by atoms with Crippen molar-refractivity contribution in [3.05, 3.63) is 118 Å². The number of halogens is 2. The topological polar surface area (TPSA) is 186 Å². The average Bonchev–Trinajstić information content (AvgIpc) is 3.98. The van der Waals surface area contributed by atoms with Gasteiger partial charge < -0.3 is 16.4 Å². The molecule has 0 aromatic heterocycles. The molecule has 16 heteroatoms. The molecule has 2 saturated carbocycles. The molecule has 0 saturated heterocycles. The molecule has 0 amide bonds. The summed E-state index contributed by atoms with van der Waals surface area (Å²) in [6, 6.07) is 20.2. The Labute approximate surface area is 289 Å². The van der Waals surface area contributed by atoms with Crippen LogP contribution in [0, 0.1) is 21.7 Å². The fraction of sp³-hybridized carbons (Fsp3) is 0.294. The molecule has 12 nitrogen and oxygen atoms in total. The van der Waals surface area contributed by atoms with Gasteiger partial charge in [-0.25, -0.2) is 35.1 Å². The zero-order chi connectivity index (χ0) is 36.3. The van der Waals surface area contributed by atoms with Crippen LogP contribution in [0.5, 0.6) is 0 Å². The quantitative estimate of drug-likeness (QED) is 0.0623. The Bertz CT molecular complexity index is 2090. The van der Waals surface area contributed by atoms with Gasteiger partial charge in [-0.05, 0) is 105 Å². The smallest absolute Gasteiger partial charge is 0.293 e. The minimum Gasteiger partial charge on any atom is -0.397 e. The SMILES string of the molecule is CC1(NS(=O)(=O)c2ccc(NCc3ccc(F)cc3)c(N)c2)CC1.CC1(NS(=O)(=O)c2ccc(NCc3ccc(F)cc3)c([N+](=O)[O-])c2)CC1. The molecular formula is C34H38F2N6O6S2. The molecule has 0 unspecified atom stereocenters. The molecule has 6 N–H and O–H groups in total. The van der Waals surface area contributed by atoms with E-state index in [-0.39, 0.29) is 44.9 Å². The van der Waals surface area contributed by atoms with E-state index in [1.807, 2.05) is 6.92 Å². The van der Waals surface area contributed by atoms with Gasteiger partial charge in [-0.2, -0.15) is 0 Å². The molecule has 0 aliphatic heterocycles. The molecule has 2 aliphatic rings. The van der Waals surface area contributed by atoms with Crippen molar-refractivity contribution in [2.75, 3.05) is 16.4 Å². The summed E-state index contributed by atoms with van der Waals surface area (Å²) in [5.41, 5.74) is 7.65. The van der Waals surface area contributed by atoms with E-state index in [0.29, 0.717) is 17.9 Å². The molecule has 0 radical (unpaired) electrons. The minimum absolute atomic E-state index is 0.148. The van der Waals surface area contributed by atoms with Crippen LogP contribution < -0.4 is 25.8 Å². The first-order valence-electron chi connectivity index (χ1n) is 15.7. The van der Waals surface area contributed by atoms with Crippen LogP contribution in [0.1, 0.15) is 50.7 Å². The Hall–Kier alpha value is -4.64. The lowest BCUT2D eigenvalue weighted by atomic mass is 10.2. The van der Waals surface area contributed by atoms with Crippen molar-refractivity contribution in [2.45, 2.75) is 73.5 Å². The normalized spacial score (nSPS) is 15.7. The fourth-order valence-electron chi connectivity index (χ4n) is 4.79. The predicted molar refractivity (Wildman–Crippen MR) is 187 cm³/mol. The summed E-state index contributed by atoms with van der Waals surface area (Å²) in [5.74, 6) is -0.657. The maximum Gasteiger partial charge on any atom is 0.293 e. The van der Waals surface area contributed by atoms with Gasteiger partial charge in [-0.15, -0.1) is 0 Å². The zero-order valence-electron chi connectivity index (χ0n) is 27.4. The summed E-state index contributed by atoms with van der Waals surface area (Å²) in [6.07, 6.45) is 3.18. The first-order valence-corrected chi connectivity index (χ1v) is 18.7. The van der Waals surface area contributed by atoms with E-state index in [1.54, 1.807) is 37.3 Å². The Kier molecular flexibility index (Phi) is 10.5. The lowest BCUT2D eigenvalue weighted by Crippen LogP contribution is -2.34. The summed E-state index contributed by atoms with van der Waals surface area (Å²) >= 11 is 0. The molecule has 266 valence electrons. The zero-order valence-corrected chi connectivity index (χ0v) is 29.0. The molecule has 0 spiro atoms. The van der Waals surface area contributed by atoms with E-state index in [0.717, 1.165) is 42.9 Å². The van der Waals surface area contributed by atoms with Crippen molar-refractivity contribution < 1.29 is 30.5 Å². The number of hydrogen-bond acceptors (Lipinski definition) is 9. The van der Waals surface area contributed by atoms with Gasteiger partial charge >= 0.3 is 0 Å². The van der Waals surface area contributed by atoms with Gasteiger partial charge in [0.1, 0.15) is 17.3 Å². The molecule has 2 aliphatic carbocycles. The van der Waals surface area contributed by atoms with Gasteiger partial charge in [0, 0.05) is 30.2 Å². The van der Waals surface area contributed by atoms with E-state index in [1.165, 1.54) is 48.5 Å². The fourth-order valence-corrected chi connectivity index (χ4v) is 7.78. The number of nitrogens with zero attached hydrogens (tertiary/aromatic N) is 1. The number of anilines is 3. The molecule has 0 bridgehead atoms. The number of nitro groups is 1. The third-order valence-corrected chi connectivity index (χ3v) is 11.6. The molecule has 0 atom stereocenters. The Balaban J connectivity index is 0.000000195. The van der Waals surface area contributed by atoms with Crippen LogP contribution >= 0.6 is 0 Å². The van der Waals surface area contributed by atoms with E-state index >= 15 is 0 Å². The maximum atomic E-state index is 12.9. The minimum atomic E-state index is -3.82. The van der Waals surface area contributed by atoms with E-state index in [2.05, 4.69) is 20.1 Å². The summed E-state index contributed by atoms with van der Waals surface area (Å²) in [7, 11) is -7.39. The standard InChI is InChI=1S/C17H18FN3O4S.C17H20FN3O2S/c1-17(8-9-17)20-26(24,25)14-6-7-15(16(10-14)21(22)23)19-11-12-2-4-13(18)5-3-12;1-17(8-9-17)21-24(22,23)14-6-7-16(15(19)10-14)20-11-12-2-4-13(18)5-3-12/h2-7,10,19-20H,8-9,11H2,1H3;2-7,10,20-21H,8-9,11,19H2,1H3. The average molecular weight is 729 g/mol. The maximum absolute atomic E-state index is 12.9. The number of sulfonamides is 2. The first kappa shape index (κ1) is 36.6. The highest BCUT2D eigenvalue weighted by Gasteiger charge is 2.42. The third kappa shape index (κ3) is 9.74. The number of nitro benzene ring substituents is 1. The van der Waals surface area contributed by atoms with Gasteiger partial charge in [0.15, 0.2) is 0 Å². The monoisotopic (exact) mass is 728 g/mol. The molecule has 6 rings (SSSR count). The van der Waals surface area contributed by atoms with E-state index in [9.17, 15) is 35.7 Å². The number of nitrogens with one attached hydrogen (secondary N) is 4. The van der Waals surface area contributed by atoms with Crippen LogP contribution in [0.4, 0.5) is 31.5 Å². The van der Waals surface area contributed by atoms with Crippen LogP contribution in [0.25, 0.3) is 0 Å². The van der Waals surface area contributed by atoms with Gasteiger partial charge in [-0.3, -0.25) is 10.1 Å². The number of rotatable bonds is 13. The third-order valence-electron chi connectivity index (χ3n) is 8.36. The number of hydrogen-bond donors (Lipinski definition) is 5. The van der Waals surface area contributed by atoms with Gasteiger partial charge in [0.25, 0.3) is 5.69 Å². The van der Waals surface area contributed by atoms with Crippen molar-refractivity contribution in [1.82, 2.24) is 9.44 Å². The molecule has 2 fully saturated rings. The highest BCUT2D eigenvalue weighted by molar-refractivity contribution is 7.89. The van der Waals surface area contributed by atoms with Crippen LogP contribution in [-0.4, -0.2) is 32.8 Å². The highest BCUT2D eigenvalue weighted by Crippen LogP contribution is 2.37.